The maximum Gasteiger partial charge on any atom is 0.253 e. The maximum atomic E-state index is 12.7. The maximum absolute atomic E-state index is 12.7. The summed E-state index contributed by atoms with van der Waals surface area (Å²) in [5.74, 6) is -0.291. The van der Waals surface area contributed by atoms with E-state index in [1.165, 1.54) is 23.9 Å². The Hall–Kier alpha value is -1.85. The molecule has 0 saturated carbocycles. The number of thioether (sulfide) groups is 1. The summed E-state index contributed by atoms with van der Waals surface area (Å²) in [5.41, 5.74) is 3.36. The van der Waals surface area contributed by atoms with Crippen molar-refractivity contribution in [2.24, 2.45) is 0 Å². The van der Waals surface area contributed by atoms with Crippen LogP contribution in [-0.2, 0) is 16.2 Å². The highest BCUT2D eigenvalue weighted by atomic mass is 32.2. The first-order chi connectivity index (χ1) is 9.74. The van der Waals surface area contributed by atoms with Crippen molar-refractivity contribution in [2.75, 3.05) is 5.75 Å². The Morgan fingerprint density at radius 2 is 1.80 bits per heavy atom. The van der Waals surface area contributed by atoms with E-state index in [1.807, 2.05) is 30.3 Å². The van der Waals surface area contributed by atoms with Crippen LogP contribution in [0.5, 0.6) is 0 Å². The van der Waals surface area contributed by atoms with E-state index in [-0.39, 0.29) is 17.5 Å². The molecule has 0 aromatic heterocycles. The molecule has 0 unspecified atom stereocenters. The van der Waals surface area contributed by atoms with Gasteiger partial charge in [0.05, 0.1) is 12.4 Å². The third-order valence-corrected chi connectivity index (χ3v) is 3.46. The highest BCUT2D eigenvalue weighted by molar-refractivity contribution is 8.00. The van der Waals surface area contributed by atoms with Crippen LogP contribution in [0.4, 0.5) is 4.39 Å². The van der Waals surface area contributed by atoms with Crippen LogP contribution in [-0.4, -0.2) is 11.7 Å². The van der Waals surface area contributed by atoms with Gasteiger partial charge in [-0.05, 0) is 29.8 Å². The fourth-order valence-corrected chi connectivity index (χ4v) is 2.17. The van der Waals surface area contributed by atoms with Gasteiger partial charge in [0, 0.05) is 4.90 Å². The molecule has 0 saturated heterocycles. The first kappa shape index (κ1) is 14.6. The monoisotopic (exact) mass is 291 g/mol. The smallest absolute Gasteiger partial charge is 0.253 e. The van der Waals surface area contributed by atoms with Crippen molar-refractivity contribution in [3.8, 4) is 0 Å². The second-order valence-corrected chi connectivity index (χ2v) is 5.09. The number of nitrogens with one attached hydrogen (secondary N) is 1. The lowest BCUT2D eigenvalue weighted by Gasteiger charge is -2.06. The molecular formula is C15H14FNO2S. The molecule has 0 atom stereocenters. The first-order valence-electron chi connectivity index (χ1n) is 6.07. The number of rotatable bonds is 6. The van der Waals surface area contributed by atoms with Crippen LogP contribution in [0.3, 0.4) is 0 Å². The van der Waals surface area contributed by atoms with Gasteiger partial charge in [0.15, 0.2) is 0 Å². The Morgan fingerprint density at radius 3 is 2.50 bits per heavy atom. The molecule has 0 aliphatic rings. The van der Waals surface area contributed by atoms with Gasteiger partial charge < -0.3 is 0 Å². The van der Waals surface area contributed by atoms with Gasteiger partial charge in [-0.25, -0.2) is 9.87 Å². The van der Waals surface area contributed by atoms with Gasteiger partial charge in [0.2, 0.25) is 0 Å². The fraction of sp³-hybridized carbons (Fsp3) is 0.133. The van der Waals surface area contributed by atoms with Crippen LogP contribution in [0.15, 0.2) is 59.5 Å². The van der Waals surface area contributed by atoms with Crippen molar-refractivity contribution in [1.82, 2.24) is 5.48 Å². The molecule has 104 valence electrons. The Kier molecular flexibility index (Phi) is 5.58. The molecule has 2 aromatic rings. The van der Waals surface area contributed by atoms with Crippen molar-refractivity contribution in [3.63, 3.8) is 0 Å². The molecular weight excluding hydrogens is 277 g/mol. The number of amides is 1. The molecule has 0 bridgehead atoms. The normalized spacial score (nSPS) is 10.2. The van der Waals surface area contributed by atoms with Crippen LogP contribution in [0, 0.1) is 5.82 Å². The predicted molar refractivity (Wildman–Crippen MR) is 76.5 cm³/mol. The van der Waals surface area contributed by atoms with Gasteiger partial charge in [-0.2, -0.15) is 0 Å². The van der Waals surface area contributed by atoms with E-state index in [0.29, 0.717) is 6.61 Å². The van der Waals surface area contributed by atoms with E-state index in [1.54, 1.807) is 12.1 Å². The topological polar surface area (TPSA) is 38.3 Å². The van der Waals surface area contributed by atoms with E-state index >= 15 is 0 Å². The van der Waals surface area contributed by atoms with Crippen LogP contribution < -0.4 is 5.48 Å². The van der Waals surface area contributed by atoms with Crippen LogP contribution in [0.2, 0.25) is 0 Å². The molecule has 20 heavy (non-hydrogen) atoms. The van der Waals surface area contributed by atoms with E-state index in [0.717, 1.165) is 10.5 Å². The lowest BCUT2D eigenvalue weighted by atomic mass is 10.2. The lowest BCUT2D eigenvalue weighted by Crippen LogP contribution is -2.25. The van der Waals surface area contributed by atoms with Gasteiger partial charge in [0.1, 0.15) is 5.82 Å². The number of hydroxylamine groups is 1. The lowest BCUT2D eigenvalue weighted by molar-refractivity contribution is -0.131. The average Bonchev–Trinajstić information content (AvgIpc) is 2.48. The molecule has 2 aromatic carbocycles. The minimum absolute atomic E-state index is 0.223. The van der Waals surface area contributed by atoms with Crippen molar-refractivity contribution in [3.05, 3.63) is 66.0 Å². The van der Waals surface area contributed by atoms with E-state index in [9.17, 15) is 9.18 Å². The molecule has 3 nitrogen and oxygen atoms in total. The minimum Gasteiger partial charge on any atom is -0.272 e. The second-order valence-electron chi connectivity index (χ2n) is 4.04. The van der Waals surface area contributed by atoms with Crippen LogP contribution >= 0.6 is 11.8 Å². The van der Waals surface area contributed by atoms with E-state index in [4.69, 9.17) is 4.84 Å². The number of benzene rings is 2. The quantitative estimate of drug-likeness (QED) is 0.656. The van der Waals surface area contributed by atoms with Gasteiger partial charge in [-0.15, -0.1) is 11.8 Å². The summed E-state index contributed by atoms with van der Waals surface area (Å²) < 4.78 is 12.7. The largest absolute Gasteiger partial charge is 0.272 e. The molecule has 5 heteroatoms. The zero-order valence-corrected chi connectivity index (χ0v) is 11.5. The fourth-order valence-electron chi connectivity index (χ4n) is 1.48. The third kappa shape index (κ3) is 5.03. The molecule has 0 heterocycles. The molecule has 0 radical (unpaired) electrons. The Morgan fingerprint density at radius 1 is 1.10 bits per heavy atom. The SMILES string of the molecule is O=C(CSc1ccc(F)cc1)NOCc1ccccc1. The van der Waals surface area contributed by atoms with E-state index < -0.39 is 0 Å². The van der Waals surface area contributed by atoms with Crippen LogP contribution in [0.1, 0.15) is 5.56 Å². The summed E-state index contributed by atoms with van der Waals surface area (Å²) in [7, 11) is 0. The molecule has 1 amide bonds. The second kappa shape index (κ2) is 7.67. The molecule has 0 fully saturated rings. The Labute approximate surface area is 121 Å². The molecule has 2 rings (SSSR count). The van der Waals surface area contributed by atoms with Crippen molar-refractivity contribution in [1.29, 1.82) is 0 Å². The predicted octanol–water partition coefficient (Wildman–Crippen LogP) is 3.17. The number of hydrogen-bond donors (Lipinski definition) is 1. The molecule has 0 spiro atoms. The van der Waals surface area contributed by atoms with Gasteiger partial charge in [-0.3, -0.25) is 9.63 Å². The van der Waals surface area contributed by atoms with Gasteiger partial charge in [-0.1, -0.05) is 30.3 Å². The number of hydrogen-bond acceptors (Lipinski definition) is 3. The van der Waals surface area contributed by atoms with Gasteiger partial charge >= 0.3 is 0 Å². The Bertz CT molecular complexity index is 546. The number of carbonyl (C=O) groups is 1. The zero-order valence-electron chi connectivity index (χ0n) is 10.7. The zero-order chi connectivity index (χ0) is 14.2. The number of halogens is 1. The minimum atomic E-state index is -0.287. The van der Waals surface area contributed by atoms with Gasteiger partial charge in [0.25, 0.3) is 5.91 Å². The standard InChI is InChI=1S/C15H14FNO2S/c16-13-6-8-14(9-7-13)20-11-15(18)17-19-10-12-4-2-1-3-5-12/h1-9H,10-11H2,(H,17,18). The first-order valence-corrected chi connectivity index (χ1v) is 7.05. The summed E-state index contributed by atoms with van der Waals surface area (Å²) in [6.07, 6.45) is 0. The summed E-state index contributed by atoms with van der Waals surface area (Å²) >= 11 is 1.32. The summed E-state index contributed by atoms with van der Waals surface area (Å²) in [6.45, 7) is 0.327. The van der Waals surface area contributed by atoms with Crippen LogP contribution in [0.25, 0.3) is 0 Å². The van der Waals surface area contributed by atoms with E-state index in [2.05, 4.69) is 5.48 Å². The average molecular weight is 291 g/mol. The highest BCUT2D eigenvalue weighted by Gasteiger charge is 2.03. The highest BCUT2D eigenvalue weighted by Crippen LogP contribution is 2.17. The van der Waals surface area contributed by atoms with Crippen molar-refractivity contribution < 1.29 is 14.0 Å². The van der Waals surface area contributed by atoms with Crippen molar-refractivity contribution in [2.45, 2.75) is 11.5 Å². The third-order valence-electron chi connectivity index (χ3n) is 2.45. The summed E-state index contributed by atoms with van der Waals surface area (Å²) in [5, 5.41) is 0. The molecule has 1 N–H and O–H groups in total. The Balaban J connectivity index is 1.67. The summed E-state index contributed by atoms with van der Waals surface area (Å²) in [6, 6.07) is 15.6. The number of carbonyl (C=O) groups excluding carboxylic acids is 1. The summed E-state index contributed by atoms with van der Waals surface area (Å²) in [4.78, 5) is 17.5. The van der Waals surface area contributed by atoms with Crippen molar-refractivity contribution >= 4 is 17.7 Å². The molecule has 0 aliphatic carbocycles. The molecule has 0 aliphatic heterocycles.